The summed E-state index contributed by atoms with van der Waals surface area (Å²) in [5.74, 6) is 0. The molecule has 0 aliphatic rings. The van der Waals surface area contributed by atoms with Crippen LogP contribution >= 0.6 is 0 Å². The van der Waals surface area contributed by atoms with E-state index in [0.29, 0.717) is 0 Å². The summed E-state index contributed by atoms with van der Waals surface area (Å²) in [4.78, 5) is 14.0. The maximum absolute atomic E-state index is 12.3. The monoisotopic (exact) mass is 354 g/mol. The Morgan fingerprint density at radius 2 is 1.81 bits per heavy atom. The SMILES string of the molecule is Cc1ccc([C@H](C)N(C)C(=O)OC(C)(C)C)cc1NCc1ccccc1. The number of hydrogen-bond donors (Lipinski definition) is 1. The molecule has 4 heteroatoms. The first-order valence-corrected chi connectivity index (χ1v) is 9.01. The van der Waals surface area contributed by atoms with Gasteiger partial charge in [-0.1, -0.05) is 42.5 Å². The van der Waals surface area contributed by atoms with E-state index in [-0.39, 0.29) is 12.1 Å². The van der Waals surface area contributed by atoms with Crippen molar-refractivity contribution in [2.75, 3.05) is 12.4 Å². The number of aryl methyl sites for hydroxylation is 1. The van der Waals surface area contributed by atoms with Crippen molar-refractivity contribution in [2.45, 2.75) is 52.8 Å². The normalized spacial score (nSPS) is 12.4. The molecule has 0 fully saturated rings. The van der Waals surface area contributed by atoms with Gasteiger partial charge in [-0.3, -0.25) is 0 Å². The fraction of sp³-hybridized carbons (Fsp3) is 0.409. The lowest BCUT2D eigenvalue weighted by Gasteiger charge is -2.29. The lowest BCUT2D eigenvalue weighted by atomic mass is 10.0. The maximum Gasteiger partial charge on any atom is 0.410 e. The molecule has 26 heavy (non-hydrogen) atoms. The average Bonchev–Trinajstić information content (AvgIpc) is 2.59. The Hall–Kier alpha value is -2.49. The number of anilines is 1. The highest BCUT2D eigenvalue weighted by atomic mass is 16.6. The molecule has 1 atom stereocenters. The number of hydrogen-bond acceptors (Lipinski definition) is 3. The van der Waals surface area contributed by atoms with E-state index < -0.39 is 5.60 Å². The van der Waals surface area contributed by atoms with E-state index in [0.717, 1.165) is 17.8 Å². The Balaban J connectivity index is 2.10. The maximum atomic E-state index is 12.3. The first kappa shape index (κ1) is 19.8. The zero-order valence-electron chi connectivity index (χ0n) is 16.7. The Bertz CT molecular complexity index is 736. The number of carbonyl (C=O) groups excluding carboxylic acids is 1. The van der Waals surface area contributed by atoms with Gasteiger partial charge < -0.3 is 15.0 Å². The van der Waals surface area contributed by atoms with E-state index >= 15 is 0 Å². The van der Waals surface area contributed by atoms with Gasteiger partial charge in [-0.15, -0.1) is 0 Å². The van der Waals surface area contributed by atoms with E-state index in [2.05, 4.69) is 42.6 Å². The molecule has 1 N–H and O–H groups in total. The van der Waals surface area contributed by atoms with Crippen LogP contribution in [0.4, 0.5) is 10.5 Å². The van der Waals surface area contributed by atoms with Crippen LogP contribution in [0.1, 0.15) is 50.4 Å². The molecular formula is C22H30N2O2. The summed E-state index contributed by atoms with van der Waals surface area (Å²) in [5.41, 5.74) is 4.06. The largest absolute Gasteiger partial charge is 0.444 e. The minimum absolute atomic E-state index is 0.0808. The Labute approximate surface area is 157 Å². The third-order valence-electron chi connectivity index (χ3n) is 4.33. The lowest BCUT2D eigenvalue weighted by molar-refractivity contribution is 0.0234. The zero-order valence-corrected chi connectivity index (χ0v) is 16.7. The molecule has 2 aromatic rings. The van der Waals surface area contributed by atoms with Crippen molar-refractivity contribution in [1.29, 1.82) is 0 Å². The van der Waals surface area contributed by atoms with Crippen molar-refractivity contribution in [1.82, 2.24) is 4.90 Å². The summed E-state index contributed by atoms with van der Waals surface area (Å²) in [5, 5.41) is 3.50. The quantitative estimate of drug-likeness (QED) is 0.767. The standard InChI is InChI=1S/C22H30N2O2/c1-16-12-13-19(17(2)24(6)21(25)26-22(3,4)5)14-20(16)23-15-18-10-8-7-9-11-18/h7-14,17,23H,15H2,1-6H3/t17-/m0/s1. The molecule has 1 amide bonds. The van der Waals surface area contributed by atoms with Crippen molar-refractivity contribution in [3.05, 3.63) is 65.2 Å². The second-order valence-corrected chi connectivity index (χ2v) is 7.68. The molecule has 0 saturated carbocycles. The van der Waals surface area contributed by atoms with Crippen LogP contribution in [-0.4, -0.2) is 23.6 Å². The highest BCUT2D eigenvalue weighted by molar-refractivity contribution is 5.68. The Kier molecular flexibility index (Phi) is 6.30. The summed E-state index contributed by atoms with van der Waals surface area (Å²) in [6, 6.07) is 16.5. The highest BCUT2D eigenvalue weighted by Crippen LogP contribution is 2.26. The van der Waals surface area contributed by atoms with E-state index in [1.165, 1.54) is 11.1 Å². The van der Waals surface area contributed by atoms with E-state index in [9.17, 15) is 4.79 Å². The molecule has 0 radical (unpaired) electrons. The van der Waals surface area contributed by atoms with Gasteiger partial charge in [-0.25, -0.2) is 4.79 Å². The summed E-state index contributed by atoms with van der Waals surface area (Å²) >= 11 is 0. The molecule has 0 aliphatic heterocycles. The minimum atomic E-state index is -0.499. The highest BCUT2D eigenvalue weighted by Gasteiger charge is 2.24. The number of rotatable bonds is 5. The minimum Gasteiger partial charge on any atom is -0.444 e. The van der Waals surface area contributed by atoms with Crippen LogP contribution < -0.4 is 5.32 Å². The molecule has 0 bridgehead atoms. The van der Waals surface area contributed by atoms with Gasteiger partial charge in [0.2, 0.25) is 0 Å². The molecule has 0 heterocycles. The summed E-state index contributed by atoms with van der Waals surface area (Å²) in [6.45, 7) is 10.5. The van der Waals surface area contributed by atoms with Crippen LogP contribution in [0.25, 0.3) is 0 Å². The van der Waals surface area contributed by atoms with Crippen LogP contribution in [0.15, 0.2) is 48.5 Å². The second-order valence-electron chi connectivity index (χ2n) is 7.68. The van der Waals surface area contributed by atoms with Gasteiger partial charge in [-0.2, -0.15) is 0 Å². The molecule has 4 nitrogen and oxygen atoms in total. The molecule has 0 aromatic heterocycles. The first-order chi connectivity index (χ1) is 12.2. The van der Waals surface area contributed by atoms with Crippen molar-refractivity contribution < 1.29 is 9.53 Å². The van der Waals surface area contributed by atoms with Crippen molar-refractivity contribution in [3.63, 3.8) is 0 Å². The van der Waals surface area contributed by atoms with Gasteiger partial charge >= 0.3 is 6.09 Å². The van der Waals surface area contributed by atoms with Crippen LogP contribution in [0.2, 0.25) is 0 Å². The molecule has 0 saturated heterocycles. The molecule has 0 unspecified atom stereocenters. The predicted octanol–water partition coefficient (Wildman–Crippen LogP) is 5.54. The number of nitrogens with zero attached hydrogens (tertiary/aromatic N) is 1. The summed E-state index contributed by atoms with van der Waals surface area (Å²) in [6.07, 6.45) is -0.315. The smallest absolute Gasteiger partial charge is 0.410 e. The third kappa shape index (κ3) is 5.51. The Morgan fingerprint density at radius 1 is 1.15 bits per heavy atom. The van der Waals surface area contributed by atoms with Crippen LogP contribution in [0.3, 0.4) is 0 Å². The molecule has 2 aromatic carbocycles. The van der Waals surface area contributed by atoms with Gasteiger partial charge in [0, 0.05) is 19.3 Å². The number of carbonyl (C=O) groups is 1. The van der Waals surface area contributed by atoms with Crippen molar-refractivity contribution >= 4 is 11.8 Å². The van der Waals surface area contributed by atoms with E-state index in [4.69, 9.17) is 4.74 Å². The fourth-order valence-corrected chi connectivity index (χ4v) is 2.60. The van der Waals surface area contributed by atoms with Gasteiger partial charge in [0.1, 0.15) is 5.60 Å². The van der Waals surface area contributed by atoms with Gasteiger partial charge in [0.05, 0.1) is 6.04 Å². The average molecular weight is 354 g/mol. The number of ether oxygens (including phenoxy) is 1. The van der Waals surface area contributed by atoms with Crippen molar-refractivity contribution in [3.8, 4) is 0 Å². The summed E-state index contributed by atoms with van der Waals surface area (Å²) in [7, 11) is 1.77. The van der Waals surface area contributed by atoms with E-state index in [1.807, 2.05) is 45.9 Å². The third-order valence-corrected chi connectivity index (χ3v) is 4.33. The van der Waals surface area contributed by atoms with E-state index in [1.54, 1.807) is 11.9 Å². The van der Waals surface area contributed by atoms with Crippen LogP contribution in [0.5, 0.6) is 0 Å². The number of nitrogens with one attached hydrogen (secondary N) is 1. The van der Waals surface area contributed by atoms with Crippen LogP contribution in [-0.2, 0) is 11.3 Å². The van der Waals surface area contributed by atoms with Gasteiger partial charge in [0.25, 0.3) is 0 Å². The topological polar surface area (TPSA) is 41.6 Å². The molecular weight excluding hydrogens is 324 g/mol. The first-order valence-electron chi connectivity index (χ1n) is 9.01. The van der Waals surface area contributed by atoms with Gasteiger partial charge in [0.15, 0.2) is 0 Å². The molecule has 0 aliphatic carbocycles. The predicted molar refractivity (Wildman–Crippen MR) is 107 cm³/mol. The van der Waals surface area contributed by atoms with Crippen LogP contribution in [0, 0.1) is 6.92 Å². The van der Waals surface area contributed by atoms with Gasteiger partial charge in [-0.05, 0) is 57.4 Å². The second kappa shape index (κ2) is 8.26. The molecule has 2 rings (SSSR count). The number of amides is 1. The fourth-order valence-electron chi connectivity index (χ4n) is 2.60. The Morgan fingerprint density at radius 3 is 2.42 bits per heavy atom. The molecule has 140 valence electrons. The van der Waals surface area contributed by atoms with Crippen molar-refractivity contribution in [2.24, 2.45) is 0 Å². The lowest BCUT2D eigenvalue weighted by Crippen LogP contribution is -2.35. The summed E-state index contributed by atoms with van der Waals surface area (Å²) < 4.78 is 5.47. The number of benzene rings is 2. The zero-order chi connectivity index (χ0) is 19.3. The molecule has 0 spiro atoms.